The van der Waals surface area contributed by atoms with E-state index < -0.39 is 0 Å². The zero-order valence-corrected chi connectivity index (χ0v) is 11.4. The molecule has 0 heterocycles. The van der Waals surface area contributed by atoms with E-state index in [1.807, 2.05) is 0 Å². The highest BCUT2D eigenvalue weighted by molar-refractivity contribution is 6.32. The Hall–Kier alpha value is -0.800. The number of halogens is 2. The summed E-state index contributed by atoms with van der Waals surface area (Å²) in [5.74, 6) is 0.261. The lowest BCUT2D eigenvalue weighted by Gasteiger charge is -2.42. The first kappa shape index (κ1) is 13.6. The van der Waals surface area contributed by atoms with E-state index in [4.69, 9.17) is 16.3 Å². The van der Waals surface area contributed by atoms with Crippen molar-refractivity contribution in [2.24, 2.45) is 0 Å². The lowest BCUT2D eigenvalue weighted by Crippen LogP contribution is -2.45. The van der Waals surface area contributed by atoms with Crippen LogP contribution >= 0.6 is 11.6 Å². The van der Waals surface area contributed by atoms with Crippen molar-refractivity contribution in [3.63, 3.8) is 0 Å². The largest absolute Gasteiger partial charge is 0.486 e. The standard InChI is InChI=1S/C14H19ClFNO/c1-2-17-9-8-14(6-3-7-14)18-13-5-4-11(16)10-12(13)15/h4-5,10,17H,2-3,6-9H2,1H3. The first-order valence-corrected chi connectivity index (χ1v) is 6.88. The lowest BCUT2D eigenvalue weighted by atomic mass is 9.77. The Morgan fingerprint density at radius 3 is 2.78 bits per heavy atom. The minimum Gasteiger partial charge on any atom is -0.486 e. The van der Waals surface area contributed by atoms with E-state index in [1.54, 1.807) is 6.07 Å². The van der Waals surface area contributed by atoms with E-state index >= 15 is 0 Å². The molecule has 0 saturated heterocycles. The summed E-state index contributed by atoms with van der Waals surface area (Å²) < 4.78 is 19.0. The number of rotatable bonds is 6. The molecule has 0 atom stereocenters. The zero-order valence-electron chi connectivity index (χ0n) is 10.6. The molecular weight excluding hydrogens is 253 g/mol. The molecule has 0 bridgehead atoms. The molecule has 100 valence electrons. The molecule has 0 aliphatic heterocycles. The van der Waals surface area contributed by atoms with E-state index in [9.17, 15) is 4.39 Å². The van der Waals surface area contributed by atoms with Crippen molar-refractivity contribution in [1.29, 1.82) is 0 Å². The Kier molecular flexibility index (Phi) is 4.46. The van der Waals surface area contributed by atoms with Gasteiger partial charge in [-0.05, 0) is 57.0 Å². The highest BCUT2D eigenvalue weighted by Crippen LogP contribution is 2.41. The van der Waals surface area contributed by atoms with Gasteiger partial charge in [0.05, 0.1) is 5.02 Å². The van der Waals surface area contributed by atoms with Crippen LogP contribution in [0.5, 0.6) is 5.75 Å². The summed E-state index contributed by atoms with van der Waals surface area (Å²) in [5.41, 5.74) is -0.108. The third-order valence-electron chi connectivity index (χ3n) is 3.49. The fourth-order valence-corrected chi connectivity index (χ4v) is 2.46. The smallest absolute Gasteiger partial charge is 0.138 e. The molecule has 0 spiro atoms. The third kappa shape index (κ3) is 3.15. The van der Waals surface area contributed by atoms with Gasteiger partial charge in [-0.1, -0.05) is 18.5 Å². The molecule has 2 nitrogen and oxygen atoms in total. The van der Waals surface area contributed by atoms with Crippen LogP contribution < -0.4 is 10.1 Å². The van der Waals surface area contributed by atoms with E-state index in [0.29, 0.717) is 10.8 Å². The van der Waals surface area contributed by atoms with Crippen LogP contribution in [-0.2, 0) is 0 Å². The molecule has 1 aromatic rings. The Labute approximate surface area is 112 Å². The fourth-order valence-electron chi connectivity index (χ4n) is 2.26. The van der Waals surface area contributed by atoms with Gasteiger partial charge < -0.3 is 10.1 Å². The number of hydrogen-bond acceptors (Lipinski definition) is 2. The molecule has 0 aromatic heterocycles. The summed E-state index contributed by atoms with van der Waals surface area (Å²) in [5, 5.41) is 3.66. The first-order chi connectivity index (χ1) is 8.65. The number of nitrogens with one attached hydrogen (secondary N) is 1. The van der Waals surface area contributed by atoms with Crippen LogP contribution in [0.25, 0.3) is 0 Å². The van der Waals surface area contributed by atoms with Crippen LogP contribution in [0.1, 0.15) is 32.6 Å². The predicted molar refractivity (Wildman–Crippen MR) is 71.8 cm³/mol. The van der Waals surface area contributed by atoms with E-state index in [0.717, 1.165) is 32.4 Å². The maximum Gasteiger partial charge on any atom is 0.138 e. The van der Waals surface area contributed by atoms with Crippen LogP contribution in [0.2, 0.25) is 5.02 Å². The van der Waals surface area contributed by atoms with Gasteiger partial charge in [0.2, 0.25) is 0 Å². The topological polar surface area (TPSA) is 21.3 Å². The maximum absolute atomic E-state index is 13.0. The third-order valence-corrected chi connectivity index (χ3v) is 3.79. The molecular formula is C14H19ClFNO. The van der Waals surface area contributed by atoms with Crippen LogP contribution in [0.3, 0.4) is 0 Å². The molecule has 1 aliphatic rings. The minimum absolute atomic E-state index is 0.108. The van der Waals surface area contributed by atoms with Crippen molar-refractivity contribution in [3.05, 3.63) is 29.0 Å². The second-order valence-electron chi connectivity index (χ2n) is 4.82. The van der Waals surface area contributed by atoms with Gasteiger partial charge in [-0.25, -0.2) is 4.39 Å². The molecule has 1 aromatic carbocycles. The van der Waals surface area contributed by atoms with Crippen LogP contribution in [-0.4, -0.2) is 18.7 Å². The van der Waals surface area contributed by atoms with Crippen LogP contribution in [0, 0.1) is 5.82 Å². The molecule has 1 N–H and O–H groups in total. The summed E-state index contributed by atoms with van der Waals surface area (Å²) >= 11 is 6.00. The highest BCUT2D eigenvalue weighted by Gasteiger charge is 2.39. The average Bonchev–Trinajstić information content (AvgIpc) is 2.29. The van der Waals surface area contributed by atoms with Crippen LogP contribution in [0.15, 0.2) is 18.2 Å². The average molecular weight is 272 g/mol. The quantitative estimate of drug-likeness (QED) is 0.795. The first-order valence-electron chi connectivity index (χ1n) is 6.50. The zero-order chi connectivity index (χ0) is 13.0. The van der Waals surface area contributed by atoms with Crippen molar-refractivity contribution < 1.29 is 9.13 Å². The number of hydrogen-bond donors (Lipinski definition) is 1. The molecule has 2 rings (SSSR count). The van der Waals surface area contributed by atoms with E-state index in [1.165, 1.54) is 18.6 Å². The molecule has 4 heteroatoms. The van der Waals surface area contributed by atoms with Crippen molar-refractivity contribution in [1.82, 2.24) is 5.32 Å². The van der Waals surface area contributed by atoms with Gasteiger partial charge in [0, 0.05) is 0 Å². The summed E-state index contributed by atoms with van der Waals surface area (Å²) in [4.78, 5) is 0. The molecule has 0 amide bonds. The van der Waals surface area contributed by atoms with Gasteiger partial charge in [0.15, 0.2) is 0 Å². The Balaban J connectivity index is 2.01. The van der Waals surface area contributed by atoms with Gasteiger partial charge in [-0.2, -0.15) is 0 Å². The van der Waals surface area contributed by atoms with E-state index in [-0.39, 0.29) is 11.4 Å². The van der Waals surface area contributed by atoms with Crippen LogP contribution in [0.4, 0.5) is 4.39 Å². The minimum atomic E-state index is -0.331. The summed E-state index contributed by atoms with van der Waals surface area (Å²) in [6, 6.07) is 4.30. The SMILES string of the molecule is CCNCCC1(Oc2ccc(F)cc2Cl)CCC1. The van der Waals surface area contributed by atoms with Crippen molar-refractivity contribution >= 4 is 11.6 Å². The van der Waals surface area contributed by atoms with Gasteiger partial charge >= 0.3 is 0 Å². The molecule has 0 unspecified atom stereocenters. The van der Waals surface area contributed by atoms with Gasteiger partial charge in [0.25, 0.3) is 0 Å². The number of benzene rings is 1. The maximum atomic E-state index is 13.0. The Bertz CT molecular complexity index is 407. The van der Waals surface area contributed by atoms with Crippen molar-refractivity contribution in [3.8, 4) is 5.75 Å². The molecule has 1 fully saturated rings. The van der Waals surface area contributed by atoms with Crippen molar-refractivity contribution in [2.75, 3.05) is 13.1 Å². The summed E-state index contributed by atoms with van der Waals surface area (Å²) in [6.07, 6.45) is 4.25. The highest BCUT2D eigenvalue weighted by atomic mass is 35.5. The molecule has 1 aliphatic carbocycles. The monoisotopic (exact) mass is 271 g/mol. The second kappa shape index (κ2) is 5.89. The van der Waals surface area contributed by atoms with Gasteiger partial charge in [-0.3, -0.25) is 0 Å². The summed E-state index contributed by atoms with van der Waals surface area (Å²) in [6.45, 7) is 3.99. The van der Waals surface area contributed by atoms with E-state index in [2.05, 4.69) is 12.2 Å². The van der Waals surface area contributed by atoms with Gasteiger partial charge in [-0.15, -0.1) is 0 Å². The number of ether oxygens (including phenoxy) is 1. The Morgan fingerprint density at radius 2 is 2.22 bits per heavy atom. The normalized spacial score (nSPS) is 17.3. The molecule has 18 heavy (non-hydrogen) atoms. The molecule has 1 saturated carbocycles. The van der Waals surface area contributed by atoms with Gasteiger partial charge in [0.1, 0.15) is 17.2 Å². The summed E-state index contributed by atoms with van der Waals surface area (Å²) in [7, 11) is 0. The van der Waals surface area contributed by atoms with Crippen molar-refractivity contribution in [2.45, 2.75) is 38.2 Å². The fraction of sp³-hybridized carbons (Fsp3) is 0.571. The second-order valence-corrected chi connectivity index (χ2v) is 5.22. The predicted octanol–water partition coefficient (Wildman–Crippen LogP) is 3.78. The molecule has 0 radical (unpaired) electrons. The lowest BCUT2D eigenvalue weighted by molar-refractivity contribution is -0.0141. The Morgan fingerprint density at radius 1 is 1.44 bits per heavy atom.